The van der Waals surface area contributed by atoms with Gasteiger partial charge < -0.3 is 0 Å². The van der Waals surface area contributed by atoms with Crippen molar-refractivity contribution < 1.29 is 0 Å². The smallest absolute Gasteiger partial charge is 0.0520 e. The Bertz CT molecular complexity index is 281. The molecule has 0 aromatic heterocycles. The molecule has 0 rings (SSSR count). The van der Waals surface area contributed by atoms with Gasteiger partial charge in [0.05, 0.1) is 5.54 Å². The molecule has 18 heavy (non-hydrogen) atoms. The molecule has 0 atom stereocenters. The molecule has 2 heteroatoms. The van der Waals surface area contributed by atoms with E-state index in [1.165, 1.54) is 0 Å². The predicted octanol–water partition coefficient (Wildman–Crippen LogP) is 5.71. The maximum Gasteiger partial charge on any atom is 0.0520 e. The number of rotatable bonds is 2. The molecule has 0 radical (unpaired) electrons. The van der Waals surface area contributed by atoms with Crippen LogP contribution in [0.2, 0.25) is 0 Å². The fraction of sp³-hybridized carbons (Fsp3) is 0.938. The van der Waals surface area contributed by atoms with E-state index in [1.807, 2.05) is 0 Å². The van der Waals surface area contributed by atoms with E-state index in [0.29, 0.717) is 10.3 Å². The van der Waals surface area contributed by atoms with Gasteiger partial charge in [0.2, 0.25) is 0 Å². The molecule has 0 fully saturated rings. The van der Waals surface area contributed by atoms with Gasteiger partial charge in [-0.05, 0) is 31.1 Å². The van der Waals surface area contributed by atoms with E-state index in [1.54, 1.807) is 0 Å². The quantitative estimate of drug-likeness (QED) is 0.450. The Morgan fingerprint density at radius 2 is 1.00 bits per heavy atom. The fourth-order valence-electron chi connectivity index (χ4n) is 3.14. The Hall–Kier alpha value is 0.100. The second-order valence-electron chi connectivity index (χ2n) is 8.76. The summed E-state index contributed by atoms with van der Waals surface area (Å²) < 4.78 is 0. The minimum Gasteiger partial charge on any atom is -0.291 e. The third kappa shape index (κ3) is 5.83. The first-order chi connectivity index (χ1) is 7.57. The number of aliphatic imine (C=N–C) groups is 1. The van der Waals surface area contributed by atoms with Crippen LogP contribution in [0.1, 0.15) is 76.2 Å². The third-order valence-electron chi connectivity index (χ3n) is 2.69. The Morgan fingerprint density at radius 1 is 0.667 bits per heavy atom. The zero-order valence-electron chi connectivity index (χ0n) is 14.5. The Kier molecular flexibility index (Phi) is 5.26. The Labute approximate surface area is 117 Å². The van der Waals surface area contributed by atoms with Crippen LogP contribution in [0.5, 0.6) is 0 Å². The van der Waals surface area contributed by atoms with Crippen molar-refractivity contribution in [1.82, 2.24) is 0 Å². The molecule has 0 aliphatic rings. The summed E-state index contributed by atoms with van der Waals surface area (Å²) in [5.41, 5.74) is 0.0219. The van der Waals surface area contributed by atoms with Crippen molar-refractivity contribution in [2.45, 2.75) is 97.2 Å². The summed E-state index contributed by atoms with van der Waals surface area (Å²) in [4.78, 5) is 4.77. The van der Waals surface area contributed by atoms with Crippen LogP contribution >= 0.6 is 7.92 Å². The molecule has 0 amide bonds. The monoisotopic (exact) mass is 271 g/mol. The van der Waals surface area contributed by atoms with Crippen molar-refractivity contribution in [3.63, 3.8) is 0 Å². The molecule has 0 aromatic rings. The topological polar surface area (TPSA) is 12.4 Å². The lowest BCUT2D eigenvalue weighted by molar-refractivity contribution is 0.581. The Balaban J connectivity index is 5.44. The highest BCUT2D eigenvalue weighted by atomic mass is 31.1. The van der Waals surface area contributed by atoms with Gasteiger partial charge >= 0.3 is 0 Å². The van der Waals surface area contributed by atoms with E-state index in [2.05, 4.69) is 82.4 Å². The van der Waals surface area contributed by atoms with Gasteiger partial charge in [-0.25, -0.2) is 0 Å². The second kappa shape index (κ2) is 5.23. The lowest BCUT2D eigenvalue weighted by atomic mass is 10.1. The molecule has 1 nitrogen and oxygen atoms in total. The standard InChI is InChI=1S/C16H34NP/c1-13(2,3)17-12-16(10,11)18(14(4,5)6)15(7,8)9/h12H,1-11H3. The van der Waals surface area contributed by atoms with E-state index in [0.717, 1.165) is 0 Å². The van der Waals surface area contributed by atoms with Crippen LogP contribution in [0, 0.1) is 0 Å². The molecule has 0 aliphatic carbocycles. The van der Waals surface area contributed by atoms with Crippen molar-refractivity contribution in [1.29, 1.82) is 0 Å². The van der Waals surface area contributed by atoms with Gasteiger partial charge in [0, 0.05) is 11.4 Å². The summed E-state index contributed by atoms with van der Waals surface area (Å²) in [6, 6.07) is 0. The molecule has 0 unspecified atom stereocenters. The average molecular weight is 271 g/mol. The van der Waals surface area contributed by atoms with Crippen LogP contribution in [-0.4, -0.2) is 27.2 Å². The van der Waals surface area contributed by atoms with Gasteiger partial charge in [-0.15, -0.1) is 0 Å². The molecule has 0 saturated heterocycles. The largest absolute Gasteiger partial charge is 0.291 e. The van der Waals surface area contributed by atoms with E-state index in [-0.39, 0.29) is 18.6 Å². The molecular weight excluding hydrogens is 237 g/mol. The van der Waals surface area contributed by atoms with E-state index in [4.69, 9.17) is 4.99 Å². The van der Waals surface area contributed by atoms with E-state index >= 15 is 0 Å². The second-order valence-corrected chi connectivity index (χ2v) is 13.3. The first-order valence-corrected chi connectivity index (χ1v) is 8.28. The summed E-state index contributed by atoms with van der Waals surface area (Å²) in [6.45, 7) is 25.4. The summed E-state index contributed by atoms with van der Waals surface area (Å²) in [6.07, 6.45) is 2.22. The van der Waals surface area contributed by atoms with Crippen LogP contribution in [0.15, 0.2) is 4.99 Å². The van der Waals surface area contributed by atoms with E-state index < -0.39 is 0 Å². The highest BCUT2D eigenvalue weighted by Gasteiger charge is 2.43. The first kappa shape index (κ1) is 18.1. The number of hydrogen-bond acceptors (Lipinski definition) is 1. The molecule has 108 valence electrons. The number of nitrogens with zero attached hydrogens (tertiary/aromatic N) is 1. The van der Waals surface area contributed by atoms with Crippen LogP contribution < -0.4 is 0 Å². The predicted molar refractivity (Wildman–Crippen MR) is 88.8 cm³/mol. The van der Waals surface area contributed by atoms with Gasteiger partial charge in [0.1, 0.15) is 0 Å². The molecule has 0 saturated carbocycles. The zero-order chi connectivity index (χ0) is 15.0. The third-order valence-corrected chi connectivity index (χ3v) is 6.64. The van der Waals surface area contributed by atoms with Crippen LogP contribution in [0.4, 0.5) is 0 Å². The average Bonchev–Trinajstić information content (AvgIpc) is 1.92. The van der Waals surface area contributed by atoms with Crippen LogP contribution in [0.3, 0.4) is 0 Å². The molecule has 0 N–H and O–H groups in total. The molecule has 0 heterocycles. The summed E-state index contributed by atoms with van der Waals surface area (Å²) >= 11 is 0. The van der Waals surface area contributed by atoms with Crippen LogP contribution in [0.25, 0.3) is 0 Å². The van der Waals surface area contributed by atoms with Crippen molar-refractivity contribution in [2.75, 3.05) is 0 Å². The summed E-state index contributed by atoms with van der Waals surface area (Å²) in [5.74, 6) is 0. The minimum absolute atomic E-state index is 0.0219. The normalized spacial score (nSPS) is 15.8. The van der Waals surface area contributed by atoms with Gasteiger partial charge in [0.15, 0.2) is 0 Å². The van der Waals surface area contributed by atoms with Crippen molar-refractivity contribution in [3.8, 4) is 0 Å². The SMILES string of the molecule is CC(C)(C)N=CC(C)(C)P(C(C)(C)C)C(C)(C)C. The molecule has 0 spiro atoms. The highest BCUT2D eigenvalue weighted by Crippen LogP contribution is 2.66. The number of hydrogen-bond donors (Lipinski definition) is 0. The van der Waals surface area contributed by atoms with E-state index in [9.17, 15) is 0 Å². The highest BCUT2D eigenvalue weighted by molar-refractivity contribution is 7.63. The first-order valence-electron chi connectivity index (χ1n) is 6.94. The zero-order valence-corrected chi connectivity index (χ0v) is 15.4. The molecule has 0 aliphatic heterocycles. The van der Waals surface area contributed by atoms with Crippen LogP contribution in [-0.2, 0) is 0 Å². The molecular formula is C16H34NP. The van der Waals surface area contributed by atoms with Gasteiger partial charge in [-0.1, -0.05) is 63.3 Å². The van der Waals surface area contributed by atoms with Gasteiger partial charge in [-0.3, -0.25) is 4.99 Å². The van der Waals surface area contributed by atoms with Crippen molar-refractivity contribution >= 4 is 14.1 Å². The maximum atomic E-state index is 4.77. The molecule has 0 bridgehead atoms. The summed E-state index contributed by atoms with van der Waals surface area (Å²) in [7, 11) is -0.188. The lowest BCUT2D eigenvalue weighted by Crippen LogP contribution is -2.38. The van der Waals surface area contributed by atoms with Gasteiger partial charge in [-0.2, -0.15) is 0 Å². The maximum absolute atomic E-state index is 4.77. The molecule has 0 aromatic carbocycles. The Morgan fingerprint density at radius 3 is 1.22 bits per heavy atom. The summed E-state index contributed by atoms with van der Waals surface area (Å²) in [5, 5.41) is 0.834. The van der Waals surface area contributed by atoms with Crippen molar-refractivity contribution in [2.24, 2.45) is 4.99 Å². The fourth-order valence-corrected chi connectivity index (χ4v) is 8.79. The minimum atomic E-state index is -0.188. The lowest BCUT2D eigenvalue weighted by Gasteiger charge is -2.49. The van der Waals surface area contributed by atoms with Crippen molar-refractivity contribution in [3.05, 3.63) is 0 Å². The van der Waals surface area contributed by atoms with Gasteiger partial charge in [0.25, 0.3) is 0 Å².